The van der Waals surface area contributed by atoms with Crippen LogP contribution in [0.5, 0.6) is 0 Å². The second kappa shape index (κ2) is 7.56. The van der Waals surface area contributed by atoms with Gasteiger partial charge in [-0.15, -0.1) is 0 Å². The minimum absolute atomic E-state index is 0.111. The highest BCUT2D eigenvalue weighted by Gasteiger charge is 2.22. The molecule has 0 unspecified atom stereocenters. The first-order valence-corrected chi connectivity index (χ1v) is 9.21. The molecule has 132 valence electrons. The molecule has 0 spiro atoms. The van der Waals surface area contributed by atoms with Gasteiger partial charge in [-0.2, -0.15) is 0 Å². The van der Waals surface area contributed by atoms with Crippen LogP contribution in [-0.4, -0.2) is 33.4 Å². The molecule has 1 fully saturated rings. The summed E-state index contributed by atoms with van der Waals surface area (Å²) >= 11 is 0. The van der Waals surface area contributed by atoms with Crippen molar-refractivity contribution in [1.29, 1.82) is 0 Å². The van der Waals surface area contributed by atoms with E-state index in [-0.39, 0.29) is 5.91 Å². The SMILES string of the molecule is O=C(/C=C/c1ccccc1)N1CCC(Cn2cnc3ccccc32)CC1. The van der Waals surface area contributed by atoms with Crippen molar-refractivity contribution in [3.8, 4) is 0 Å². The Hall–Kier alpha value is -2.88. The summed E-state index contributed by atoms with van der Waals surface area (Å²) < 4.78 is 2.24. The van der Waals surface area contributed by atoms with Crippen LogP contribution in [0, 0.1) is 5.92 Å². The van der Waals surface area contributed by atoms with E-state index in [1.165, 1.54) is 5.52 Å². The summed E-state index contributed by atoms with van der Waals surface area (Å²) in [6, 6.07) is 18.2. The number of carbonyl (C=O) groups is 1. The van der Waals surface area contributed by atoms with Crippen LogP contribution in [0.1, 0.15) is 18.4 Å². The number of hydrogen-bond donors (Lipinski definition) is 0. The molecule has 4 rings (SSSR count). The van der Waals surface area contributed by atoms with Crippen LogP contribution >= 0.6 is 0 Å². The summed E-state index contributed by atoms with van der Waals surface area (Å²) in [5, 5.41) is 0. The molecule has 2 heterocycles. The van der Waals surface area contributed by atoms with Crippen molar-refractivity contribution in [3.63, 3.8) is 0 Å². The molecule has 0 radical (unpaired) electrons. The minimum atomic E-state index is 0.111. The van der Waals surface area contributed by atoms with Gasteiger partial charge in [0.1, 0.15) is 0 Å². The van der Waals surface area contributed by atoms with Gasteiger partial charge in [0.05, 0.1) is 17.4 Å². The fraction of sp³-hybridized carbons (Fsp3) is 0.273. The van der Waals surface area contributed by atoms with Crippen LogP contribution in [0.25, 0.3) is 17.1 Å². The van der Waals surface area contributed by atoms with E-state index in [9.17, 15) is 4.79 Å². The Morgan fingerprint density at radius 3 is 2.58 bits per heavy atom. The average molecular weight is 345 g/mol. The molecule has 0 aliphatic carbocycles. The quantitative estimate of drug-likeness (QED) is 0.671. The third-order valence-electron chi connectivity index (χ3n) is 5.13. The number of benzene rings is 2. The molecule has 1 amide bonds. The molecule has 1 saturated heterocycles. The maximum Gasteiger partial charge on any atom is 0.246 e. The number of para-hydroxylation sites is 2. The zero-order valence-corrected chi connectivity index (χ0v) is 14.8. The van der Waals surface area contributed by atoms with Gasteiger partial charge in [0.25, 0.3) is 0 Å². The van der Waals surface area contributed by atoms with Gasteiger partial charge in [0, 0.05) is 25.7 Å². The third-order valence-corrected chi connectivity index (χ3v) is 5.13. The van der Waals surface area contributed by atoms with Crippen LogP contribution in [0.3, 0.4) is 0 Å². The summed E-state index contributed by atoms with van der Waals surface area (Å²) in [6.45, 7) is 2.63. The highest BCUT2D eigenvalue weighted by Crippen LogP contribution is 2.22. The average Bonchev–Trinajstić information content (AvgIpc) is 3.10. The Labute approximate surface area is 153 Å². The number of hydrogen-bond acceptors (Lipinski definition) is 2. The van der Waals surface area contributed by atoms with Crippen LogP contribution in [0.4, 0.5) is 0 Å². The Morgan fingerprint density at radius 1 is 1.04 bits per heavy atom. The van der Waals surface area contributed by atoms with E-state index in [0.29, 0.717) is 5.92 Å². The maximum absolute atomic E-state index is 12.4. The lowest BCUT2D eigenvalue weighted by atomic mass is 9.96. The molecule has 1 aliphatic heterocycles. The smallest absolute Gasteiger partial charge is 0.246 e. The van der Waals surface area contributed by atoms with Gasteiger partial charge in [0.15, 0.2) is 0 Å². The molecule has 0 N–H and O–H groups in total. The number of piperidine rings is 1. The molecule has 4 heteroatoms. The molecule has 0 saturated carbocycles. The number of fused-ring (bicyclic) bond motifs is 1. The molecule has 0 bridgehead atoms. The molecule has 26 heavy (non-hydrogen) atoms. The number of likely N-dealkylation sites (tertiary alicyclic amines) is 1. The van der Waals surface area contributed by atoms with E-state index in [2.05, 4.69) is 21.7 Å². The van der Waals surface area contributed by atoms with E-state index in [1.54, 1.807) is 6.08 Å². The van der Waals surface area contributed by atoms with Gasteiger partial charge < -0.3 is 9.47 Å². The monoisotopic (exact) mass is 345 g/mol. The zero-order valence-electron chi connectivity index (χ0n) is 14.8. The second-order valence-corrected chi connectivity index (χ2v) is 6.90. The molecule has 0 atom stereocenters. The van der Waals surface area contributed by atoms with Crippen molar-refractivity contribution < 1.29 is 4.79 Å². The number of rotatable bonds is 4. The number of nitrogens with zero attached hydrogens (tertiary/aromatic N) is 3. The molecular formula is C22H23N3O. The summed E-state index contributed by atoms with van der Waals surface area (Å²) in [4.78, 5) is 18.8. The first-order valence-electron chi connectivity index (χ1n) is 9.21. The highest BCUT2D eigenvalue weighted by molar-refractivity contribution is 5.91. The fourth-order valence-corrected chi connectivity index (χ4v) is 3.61. The van der Waals surface area contributed by atoms with Gasteiger partial charge in [0.2, 0.25) is 5.91 Å². The highest BCUT2D eigenvalue weighted by atomic mass is 16.2. The van der Waals surface area contributed by atoms with Gasteiger partial charge in [-0.3, -0.25) is 4.79 Å². The number of imidazole rings is 1. The number of amides is 1. The molecule has 1 aliphatic rings. The Bertz CT molecular complexity index is 905. The fourth-order valence-electron chi connectivity index (χ4n) is 3.61. The molecule has 1 aromatic heterocycles. The van der Waals surface area contributed by atoms with Gasteiger partial charge in [-0.25, -0.2) is 4.98 Å². The predicted octanol–water partition coefficient (Wildman–Crippen LogP) is 3.99. The summed E-state index contributed by atoms with van der Waals surface area (Å²) in [6.07, 6.45) is 7.60. The van der Waals surface area contributed by atoms with Gasteiger partial charge >= 0.3 is 0 Å². The van der Waals surface area contributed by atoms with Gasteiger partial charge in [-0.1, -0.05) is 42.5 Å². The lowest BCUT2D eigenvalue weighted by molar-refractivity contribution is -0.127. The summed E-state index contributed by atoms with van der Waals surface area (Å²) in [5.74, 6) is 0.704. The lowest BCUT2D eigenvalue weighted by Gasteiger charge is -2.31. The number of carbonyl (C=O) groups excluding carboxylic acids is 1. The standard InChI is InChI=1S/C22H23N3O/c26-22(11-10-18-6-2-1-3-7-18)24-14-12-19(13-15-24)16-25-17-23-20-8-4-5-9-21(20)25/h1-11,17,19H,12-16H2/b11-10+. The van der Waals surface area contributed by atoms with E-state index >= 15 is 0 Å². The largest absolute Gasteiger partial charge is 0.339 e. The summed E-state index contributed by atoms with van der Waals surface area (Å²) in [7, 11) is 0. The van der Waals surface area contributed by atoms with E-state index in [1.807, 2.05) is 59.8 Å². The van der Waals surface area contributed by atoms with Crippen molar-refractivity contribution in [3.05, 3.63) is 72.6 Å². The first kappa shape index (κ1) is 16.6. The predicted molar refractivity (Wildman–Crippen MR) is 105 cm³/mol. The van der Waals surface area contributed by atoms with Crippen molar-refractivity contribution in [1.82, 2.24) is 14.5 Å². The molecular weight excluding hydrogens is 322 g/mol. The Morgan fingerprint density at radius 2 is 1.77 bits per heavy atom. The van der Waals surface area contributed by atoms with Crippen LogP contribution < -0.4 is 0 Å². The van der Waals surface area contributed by atoms with Crippen LogP contribution in [0.2, 0.25) is 0 Å². The lowest BCUT2D eigenvalue weighted by Crippen LogP contribution is -2.38. The van der Waals surface area contributed by atoms with Gasteiger partial charge in [-0.05, 0) is 42.5 Å². The van der Waals surface area contributed by atoms with Crippen molar-refractivity contribution >= 4 is 23.0 Å². The third kappa shape index (κ3) is 3.69. The van der Waals surface area contributed by atoms with E-state index in [4.69, 9.17) is 0 Å². The van der Waals surface area contributed by atoms with Crippen LogP contribution in [-0.2, 0) is 11.3 Å². The first-order chi connectivity index (χ1) is 12.8. The summed E-state index contributed by atoms with van der Waals surface area (Å²) in [5.41, 5.74) is 3.30. The van der Waals surface area contributed by atoms with Crippen molar-refractivity contribution in [2.24, 2.45) is 5.92 Å². The van der Waals surface area contributed by atoms with Crippen molar-refractivity contribution in [2.75, 3.05) is 13.1 Å². The molecule has 4 nitrogen and oxygen atoms in total. The van der Waals surface area contributed by atoms with Crippen LogP contribution in [0.15, 0.2) is 67.0 Å². The maximum atomic E-state index is 12.4. The second-order valence-electron chi connectivity index (χ2n) is 6.90. The van der Waals surface area contributed by atoms with E-state index < -0.39 is 0 Å². The Balaban J connectivity index is 1.32. The molecule has 3 aromatic rings. The normalized spacial score (nSPS) is 15.8. The molecule has 2 aromatic carbocycles. The Kier molecular flexibility index (Phi) is 4.82. The number of aromatic nitrogens is 2. The zero-order chi connectivity index (χ0) is 17.8. The minimum Gasteiger partial charge on any atom is -0.339 e. The topological polar surface area (TPSA) is 38.1 Å². The van der Waals surface area contributed by atoms with Crippen molar-refractivity contribution in [2.45, 2.75) is 19.4 Å². The van der Waals surface area contributed by atoms with E-state index in [0.717, 1.165) is 43.6 Å².